The largest absolute Gasteiger partial charge is 0.358 e. The van der Waals surface area contributed by atoms with E-state index in [0.29, 0.717) is 12.4 Å². The van der Waals surface area contributed by atoms with Crippen molar-refractivity contribution in [2.75, 3.05) is 11.9 Å². The Labute approximate surface area is 59.5 Å². The van der Waals surface area contributed by atoms with Crippen LogP contribution >= 0.6 is 0 Å². The van der Waals surface area contributed by atoms with Gasteiger partial charge in [0.15, 0.2) is 0 Å². The number of nitrogens with one attached hydrogen (secondary N) is 1. The third-order valence-corrected chi connectivity index (χ3v) is 0.944. The summed E-state index contributed by atoms with van der Waals surface area (Å²) < 4.78 is 0. The van der Waals surface area contributed by atoms with E-state index in [1.807, 2.05) is 6.07 Å². The van der Waals surface area contributed by atoms with Gasteiger partial charge in [0.05, 0.1) is 6.54 Å². The Kier molecular flexibility index (Phi) is 2.27. The molecular weight excluding hydrogens is 126 g/mol. The zero-order valence-electron chi connectivity index (χ0n) is 5.41. The first-order valence-corrected chi connectivity index (χ1v) is 2.88. The van der Waals surface area contributed by atoms with Crippen molar-refractivity contribution in [3.05, 3.63) is 18.3 Å². The molecule has 0 aliphatic rings. The highest BCUT2D eigenvalue weighted by Crippen LogP contribution is 1.94. The lowest BCUT2D eigenvalue weighted by Gasteiger charge is -1.96. The summed E-state index contributed by atoms with van der Waals surface area (Å²) in [5.74, 6) is 3.15. The summed E-state index contributed by atoms with van der Waals surface area (Å²) in [5.41, 5.74) is 0. The van der Waals surface area contributed by atoms with Gasteiger partial charge in [-0.25, -0.2) is 0 Å². The lowest BCUT2D eigenvalue weighted by atomic mass is 10.5. The minimum Gasteiger partial charge on any atom is -0.358 e. The molecule has 0 atom stereocenters. The summed E-state index contributed by atoms with van der Waals surface area (Å²) in [6.45, 7) is 0.485. The summed E-state index contributed by atoms with van der Waals surface area (Å²) in [6, 6.07) is 3.61. The van der Waals surface area contributed by atoms with Crippen LogP contribution in [0.15, 0.2) is 18.3 Å². The maximum Gasteiger partial charge on any atom is 0.149 e. The number of rotatable bonds is 2. The van der Waals surface area contributed by atoms with Gasteiger partial charge in [0.25, 0.3) is 0 Å². The van der Waals surface area contributed by atoms with E-state index in [1.54, 1.807) is 12.3 Å². The minimum absolute atomic E-state index is 0.485. The monoisotopic (exact) mass is 133 g/mol. The highest BCUT2D eigenvalue weighted by atomic mass is 15.2. The number of terminal acetylenes is 1. The SMILES string of the molecule is C#CCNc1cccnn1. The first-order valence-electron chi connectivity index (χ1n) is 2.88. The Morgan fingerprint density at radius 3 is 3.20 bits per heavy atom. The van der Waals surface area contributed by atoms with Gasteiger partial charge in [-0.2, -0.15) is 5.10 Å². The molecule has 3 heteroatoms. The Morgan fingerprint density at radius 2 is 2.60 bits per heavy atom. The molecular formula is C7H7N3. The summed E-state index contributed by atoms with van der Waals surface area (Å²) in [5, 5.41) is 10.3. The molecule has 0 fully saturated rings. The van der Waals surface area contributed by atoms with Crippen LogP contribution in [0.4, 0.5) is 5.82 Å². The fourth-order valence-corrected chi connectivity index (χ4v) is 0.537. The van der Waals surface area contributed by atoms with Gasteiger partial charge in [-0.1, -0.05) is 5.92 Å². The topological polar surface area (TPSA) is 37.8 Å². The second kappa shape index (κ2) is 3.46. The first kappa shape index (κ1) is 6.56. The van der Waals surface area contributed by atoms with E-state index in [9.17, 15) is 0 Å². The second-order valence-corrected chi connectivity index (χ2v) is 1.67. The lowest BCUT2D eigenvalue weighted by molar-refractivity contribution is 1.02. The maximum atomic E-state index is 5.02. The molecule has 10 heavy (non-hydrogen) atoms. The molecule has 0 bridgehead atoms. The van der Waals surface area contributed by atoms with E-state index in [2.05, 4.69) is 21.4 Å². The van der Waals surface area contributed by atoms with E-state index in [0.717, 1.165) is 0 Å². The molecule has 50 valence electrons. The van der Waals surface area contributed by atoms with E-state index < -0.39 is 0 Å². The molecule has 0 radical (unpaired) electrons. The minimum atomic E-state index is 0.485. The third-order valence-electron chi connectivity index (χ3n) is 0.944. The molecule has 1 N–H and O–H groups in total. The van der Waals surface area contributed by atoms with Gasteiger partial charge in [-0.15, -0.1) is 11.5 Å². The van der Waals surface area contributed by atoms with Gasteiger partial charge >= 0.3 is 0 Å². The van der Waals surface area contributed by atoms with Crippen LogP contribution in [0.3, 0.4) is 0 Å². The molecule has 0 aliphatic heterocycles. The molecule has 1 aromatic rings. The predicted octanol–water partition coefficient (Wildman–Crippen LogP) is 0.522. The van der Waals surface area contributed by atoms with Crippen molar-refractivity contribution >= 4 is 5.82 Å². The van der Waals surface area contributed by atoms with Gasteiger partial charge in [0, 0.05) is 6.20 Å². The van der Waals surface area contributed by atoms with Crippen LogP contribution < -0.4 is 5.32 Å². The highest BCUT2D eigenvalue weighted by molar-refractivity contribution is 5.32. The fourth-order valence-electron chi connectivity index (χ4n) is 0.537. The fraction of sp³-hybridized carbons (Fsp3) is 0.143. The first-order chi connectivity index (χ1) is 4.93. The van der Waals surface area contributed by atoms with E-state index in [-0.39, 0.29) is 0 Å². The third kappa shape index (κ3) is 1.75. The zero-order chi connectivity index (χ0) is 7.23. The van der Waals surface area contributed by atoms with Crippen LogP contribution in [0.5, 0.6) is 0 Å². The van der Waals surface area contributed by atoms with Crippen molar-refractivity contribution in [2.45, 2.75) is 0 Å². The van der Waals surface area contributed by atoms with Crippen molar-refractivity contribution in [3.63, 3.8) is 0 Å². The molecule has 3 nitrogen and oxygen atoms in total. The average Bonchev–Trinajstić information content (AvgIpc) is 2.03. The van der Waals surface area contributed by atoms with Crippen LogP contribution in [-0.4, -0.2) is 16.7 Å². The number of aromatic nitrogens is 2. The van der Waals surface area contributed by atoms with Gasteiger partial charge in [0.1, 0.15) is 5.82 Å². The molecule has 1 rings (SSSR count). The van der Waals surface area contributed by atoms with Crippen LogP contribution in [0.1, 0.15) is 0 Å². The summed E-state index contributed by atoms with van der Waals surface area (Å²) >= 11 is 0. The highest BCUT2D eigenvalue weighted by Gasteiger charge is 1.85. The maximum absolute atomic E-state index is 5.02. The van der Waals surface area contributed by atoms with Crippen LogP contribution in [-0.2, 0) is 0 Å². The predicted molar refractivity (Wildman–Crippen MR) is 39.4 cm³/mol. The van der Waals surface area contributed by atoms with Crippen molar-refractivity contribution in [1.29, 1.82) is 0 Å². The normalized spacial score (nSPS) is 8.30. The number of anilines is 1. The van der Waals surface area contributed by atoms with Crippen molar-refractivity contribution in [3.8, 4) is 12.3 Å². The molecule has 1 aromatic heterocycles. The number of hydrogen-bond donors (Lipinski definition) is 1. The van der Waals surface area contributed by atoms with Crippen LogP contribution in [0.2, 0.25) is 0 Å². The van der Waals surface area contributed by atoms with Crippen LogP contribution in [0, 0.1) is 12.3 Å². The van der Waals surface area contributed by atoms with Gasteiger partial charge in [0.2, 0.25) is 0 Å². The lowest BCUT2D eigenvalue weighted by Crippen LogP contribution is -2.00. The molecule has 0 aromatic carbocycles. The quantitative estimate of drug-likeness (QED) is 0.598. The van der Waals surface area contributed by atoms with Crippen molar-refractivity contribution < 1.29 is 0 Å². The molecule has 1 heterocycles. The smallest absolute Gasteiger partial charge is 0.149 e. The summed E-state index contributed by atoms with van der Waals surface area (Å²) in [6.07, 6.45) is 6.63. The Morgan fingerprint density at radius 1 is 1.70 bits per heavy atom. The Hall–Kier alpha value is -1.56. The average molecular weight is 133 g/mol. The van der Waals surface area contributed by atoms with Gasteiger partial charge in [-0.3, -0.25) is 0 Å². The summed E-state index contributed by atoms with van der Waals surface area (Å²) in [4.78, 5) is 0. The Bertz CT molecular complexity index is 224. The van der Waals surface area contributed by atoms with Crippen LogP contribution in [0.25, 0.3) is 0 Å². The number of nitrogens with zero attached hydrogens (tertiary/aromatic N) is 2. The number of hydrogen-bond acceptors (Lipinski definition) is 3. The summed E-state index contributed by atoms with van der Waals surface area (Å²) in [7, 11) is 0. The molecule has 0 amide bonds. The molecule has 0 unspecified atom stereocenters. The molecule has 0 spiro atoms. The van der Waals surface area contributed by atoms with E-state index in [1.165, 1.54) is 0 Å². The van der Waals surface area contributed by atoms with Crippen molar-refractivity contribution in [2.24, 2.45) is 0 Å². The second-order valence-electron chi connectivity index (χ2n) is 1.67. The van der Waals surface area contributed by atoms with E-state index >= 15 is 0 Å². The standard InChI is InChI=1S/C7H7N3/c1-2-5-8-7-4-3-6-9-10-7/h1,3-4,6H,5H2,(H,8,10). The Balaban J connectivity index is 2.52. The van der Waals surface area contributed by atoms with E-state index in [4.69, 9.17) is 6.42 Å². The van der Waals surface area contributed by atoms with Gasteiger partial charge in [-0.05, 0) is 12.1 Å². The van der Waals surface area contributed by atoms with Crippen molar-refractivity contribution in [1.82, 2.24) is 10.2 Å². The molecule has 0 saturated heterocycles. The molecule has 0 aliphatic carbocycles. The molecule has 0 saturated carbocycles. The van der Waals surface area contributed by atoms with Gasteiger partial charge < -0.3 is 5.32 Å². The zero-order valence-corrected chi connectivity index (χ0v) is 5.41.